The maximum atomic E-state index is 12.2. The van der Waals surface area contributed by atoms with E-state index in [1.165, 1.54) is 0 Å². The van der Waals surface area contributed by atoms with E-state index in [1.807, 2.05) is 33.0 Å². The van der Waals surface area contributed by atoms with Gasteiger partial charge in [0.1, 0.15) is 5.69 Å². The minimum absolute atomic E-state index is 0.0845. The first-order valence-corrected chi connectivity index (χ1v) is 7.52. The number of nitrogens with one attached hydrogen (secondary N) is 2. The molecule has 0 spiro atoms. The first-order chi connectivity index (χ1) is 11.0. The highest BCUT2D eigenvalue weighted by Gasteiger charge is 2.20. The van der Waals surface area contributed by atoms with Gasteiger partial charge in [-0.25, -0.2) is 0 Å². The summed E-state index contributed by atoms with van der Waals surface area (Å²) in [5, 5.41) is 11.5. The molecule has 2 rings (SSSR count). The number of carbonyl (C=O) groups is 1. The van der Waals surface area contributed by atoms with Crippen LogP contribution >= 0.6 is 0 Å². The van der Waals surface area contributed by atoms with Crippen LogP contribution in [0.2, 0.25) is 0 Å². The Balaban J connectivity index is 2.51. The van der Waals surface area contributed by atoms with E-state index < -0.39 is 0 Å². The topological polar surface area (TPSA) is 87.2 Å². The van der Waals surface area contributed by atoms with E-state index in [0.717, 1.165) is 33.6 Å². The van der Waals surface area contributed by atoms with Crippen molar-refractivity contribution in [1.29, 1.82) is 0 Å². The third-order valence-corrected chi connectivity index (χ3v) is 3.75. The summed E-state index contributed by atoms with van der Waals surface area (Å²) in [6, 6.07) is 2.01. The van der Waals surface area contributed by atoms with Crippen molar-refractivity contribution >= 4 is 5.91 Å². The normalized spacial score (nSPS) is 10.8. The average Bonchev–Trinajstić information content (AvgIpc) is 2.82. The van der Waals surface area contributed by atoms with Gasteiger partial charge in [-0.15, -0.1) is 0 Å². The molecule has 124 valence electrons. The van der Waals surface area contributed by atoms with Crippen molar-refractivity contribution in [1.82, 2.24) is 15.3 Å². The molecule has 0 radical (unpaired) electrons. The highest BCUT2D eigenvalue weighted by Crippen LogP contribution is 2.32. The first-order valence-electron chi connectivity index (χ1n) is 7.52. The Bertz CT molecular complexity index is 707. The number of aromatic nitrogens is 2. The molecule has 2 aromatic rings. The van der Waals surface area contributed by atoms with Crippen LogP contribution in [0.4, 0.5) is 0 Å². The SMILES string of the molecule is COCc1cnc(C)cc1-c1c(C)[nH]c(C(=O)NCCO)c1C. The number of aromatic amines is 1. The van der Waals surface area contributed by atoms with Crippen LogP contribution < -0.4 is 5.32 Å². The summed E-state index contributed by atoms with van der Waals surface area (Å²) >= 11 is 0. The van der Waals surface area contributed by atoms with Gasteiger partial charge in [0, 0.05) is 42.4 Å². The van der Waals surface area contributed by atoms with Gasteiger partial charge in [0.2, 0.25) is 0 Å². The number of H-pyrrole nitrogens is 1. The van der Waals surface area contributed by atoms with Crippen LogP contribution in [0.3, 0.4) is 0 Å². The van der Waals surface area contributed by atoms with Crippen molar-refractivity contribution < 1.29 is 14.6 Å². The maximum Gasteiger partial charge on any atom is 0.268 e. The Morgan fingerprint density at radius 3 is 2.78 bits per heavy atom. The highest BCUT2D eigenvalue weighted by atomic mass is 16.5. The maximum absolute atomic E-state index is 12.2. The number of pyridine rings is 1. The van der Waals surface area contributed by atoms with Crippen molar-refractivity contribution in [3.8, 4) is 11.1 Å². The average molecular weight is 317 g/mol. The lowest BCUT2D eigenvalue weighted by Crippen LogP contribution is -2.27. The number of ether oxygens (including phenoxy) is 1. The summed E-state index contributed by atoms with van der Waals surface area (Å²) in [7, 11) is 1.65. The summed E-state index contributed by atoms with van der Waals surface area (Å²) in [6.07, 6.45) is 1.81. The molecule has 0 aliphatic heterocycles. The Morgan fingerprint density at radius 2 is 2.13 bits per heavy atom. The van der Waals surface area contributed by atoms with Gasteiger partial charge < -0.3 is 20.1 Å². The number of aliphatic hydroxyl groups is 1. The summed E-state index contributed by atoms with van der Waals surface area (Å²) in [6.45, 7) is 6.40. The van der Waals surface area contributed by atoms with Crippen LogP contribution in [-0.2, 0) is 11.3 Å². The van der Waals surface area contributed by atoms with Crippen molar-refractivity contribution in [3.05, 3.63) is 40.5 Å². The van der Waals surface area contributed by atoms with E-state index in [-0.39, 0.29) is 19.1 Å². The molecule has 0 fully saturated rings. The Hall–Kier alpha value is -2.18. The first kappa shape index (κ1) is 17.2. The molecule has 0 aliphatic rings. The molecule has 0 atom stereocenters. The van der Waals surface area contributed by atoms with E-state index in [4.69, 9.17) is 9.84 Å². The minimum atomic E-state index is -0.218. The zero-order chi connectivity index (χ0) is 17.0. The second-order valence-corrected chi connectivity index (χ2v) is 5.52. The van der Waals surface area contributed by atoms with Crippen LogP contribution in [0.15, 0.2) is 12.3 Å². The lowest BCUT2D eigenvalue weighted by Gasteiger charge is -2.11. The second-order valence-electron chi connectivity index (χ2n) is 5.52. The lowest BCUT2D eigenvalue weighted by atomic mass is 9.97. The van der Waals surface area contributed by atoms with Gasteiger partial charge in [0.25, 0.3) is 5.91 Å². The predicted octanol–water partition coefficient (Wildman–Crippen LogP) is 1.87. The Kier molecular flexibility index (Phi) is 5.52. The Labute approximate surface area is 135 Å². The molecule has 3 N–H and O–H groups in total. The Morgan fingerprint density at radius 1 is 1.39 bits per heavy atom. The van der Waals surface area contributed by atoms with Crippen LogP contribution in [0.25, 0.3) is 11.1 Å². The number of amides is 1. The van der Waals surface area contributed by atoms with Gasteiger partial charge in [-0.3, -0.25) is 9.78 Å². The summed E-state index contributed by atoms with van der Waals surface area (Å²) in [5.74, 6) is -0.218. The number of hydrogen-bond donors (Lipinski definition) is 3. The molecule has 0 aromatic carbocycles. The molecule has 2 aromatic heterocycles. The van der Waals surface area contributed by atoms with E-state index in [2.05, 4.69) is 15.3 Å². The van der Waals surface area contributed by atoms with Crippen molar-refractivity contribution in [2.24, 2.45) is 0 Å². The molecule has 0 unspecified atom stereocenters. The number of aliphatic hydroxyl groups excluding tert-OH is 1. The van der Waals surface area contributed by atoms with Gasteiger partial charge in [-0.1, -0.05) is 0 Å². The molecule has 6 nitrogen and oxygen atoms in total. The number of aryl methyl sites for hydroxylation is 2. The highest BCUT2D eigenvalue weighted by molar-refractivity contribution is 5.96. The third kappa shape index (κ3) is 3.60. The van der Waals surface area contributed by atoms with Crippen molar-refractivity contribution in [3.63, 3.8) is 0 Å². The molecule has 0 saturated heterocycles. The molecule has 0 saturated carbocycles. The van der Waals surface area contributed by atoms with Gasteiger partial charge in [-0.05, 0) is 38.0 Å². The van der Waals surface area contributed by atoms with Crippen LogP contribution in [0, 0.1) is 20.8 Å². The largest absolute Gasteiger partial charge is 0.395 e. The fourth-order valence-corrected chi connectivity index (χ4v) is 2.73. The second kappa shape index (κ2) is 7.39. The number of methoxy groups -OCH3 is 1. The predicted molar refractivity (Wildman–Crippen MR) is 88.4 cm³/mol. The molecular weight excluding hydrogens is 294 g/mol. The molecule has 1 amide bonds. The molecular formula is C17H23N3O3. The molecule has 6 heteroatoms. The lowest BCUT2D eigenvalue weighted by molar-refractivity contribution is 0.0939. The van der Waals surface area contributed by atoms with Crippen LogP contribution in [0.1, 0.15) is 33.0 Å². The molecule has 0 bridgehead atoms. The van der Waals surface area contributed by atoms with Crippen molar-refractivity contribution in [2.45, 2.75) is 27.4 Å². The summed E-state index contributed by atoms with van der Waals surface area (Å²) < 4.78 is 5.26. The fourth-order valence-electron chi connectivity index (χ4n) is 2.73. The molecule has 2 heterocycles. The molecule has 0 aliphatic carbocycles. The van der Waals surface area contributed by atoms with Crippen molar-refractivity contribution in [2.75, 3.05) is 20.3 Å². The number of hydrogen-bond acceptors (Lipinski definition) is 4. The third-order valence-electron chi connectivity index (χ3n) is 3.75. The van der Waals surface area contributed by atoms with E-state index in [0.29, 0.717) is 12.3 Å². The quantitative estimate of drug-likeness (QED) is 0.759. The zero-order valence-corrected chi connectivity index (χ0v) is 14.0. The standard InChI is InChI=1S/C17H23N3O3/c1-10-7-14(13(8-19-10)9-23-4)15-11(2)16(20-12(15)3)17(22)18-5-6-21/h7-8,20-21H,5-6,9H2,1-4H3,(H,18,22). The van der Waals surface area contributed by atoms with E-state index in [9.17, 15) is 4.79 Å². The van der Waals surface area contributed by atoms with Gasteiger partial charge in [0.15, 0.2) is 0 Å². The zero-order valence-electron chi connectivity index (χ0n) is 14.0. The number of carbonyl (C=O) groups excluding carboxylic acids is 1. The number of nitrogens with zero attached hydrogens (tertiary/aromatic N) is 1. The van der Waals surface area contributed by atoms with Gasteiger partial charge >= 0.3 is 0 Å². The fraction of sp³-hybridized carbons (Fsp3) is 0.412. The van der Waals surface area contributed by atoms with E-state index in [1.54, 1.807) is 7.11 Å². The summed E-state index contributed by atoms with van der Waals surface area (Å²) in [5.41, 5.74) is 6.21. The van der Waals surface area contributed by atoms with Gasteiger partial charge in [0.05, 0.1) is 13.2 Å². The smallest absolute Gasteiger partial charge is 0.268 e. The number of rotatable bonds is 6. The van der Waals surface area contributed by atoms with Crippen LogP contribution in [0.5, 0.6) is 0 Å². The monoisotopic (exact) mass is 317 g/mol. The van der Waals surface area contributed by atoms with E-state index >= 15 is 0 Å². The van der Waals surface area contributed by atoms with Crippen LogP contribution in [-0.4, -0.2) is 41.2 Å². The van der Waals surface area contributed by atoms with Gasteiger partial charge in [-0.2, -0.15) is 0 Å². The summed E-state index contributed by atoms with van der Waals surface area (Å²) in [4.78, 5) is 19.7. The molecule has 23 heavy (non-hydrogen) atoms. The minimum Gasteiger partial charge on any atom is -0.395 e.